The van der Waals surface area contributed by atoms with Crippen molar-refractivity contribution in [2.75, 3.05) is 0 Å². The second-order valence-electron chi connectivity index (χ2n) is 11.9. The van der Waals surface area contributed by atoms with Crippen LogP contribution in [0, 0.1) is 0 Å². The van der Waals surface area contributed by atoms with Crippen molar-refractivity contribution in [2.45, 2.75) is 13.2 Å². The lowest BCUT2D eigenvalue weighted by molar-refractivity contribution is 0.908. The topological polar surface area (TPSA) is 17.8 Å². The van der Waals surface area contributed by atoms with Crippen LogP contribution in [0.4, 0.5) is 0 Å². The smallest absolute Gasteiger partial charge is 0.114 e. The first-order valence-corrected chi connectivity index (χ1v) is 15.8. The summed E-state index contributed by atoms with van der Waals surface area (Å²) in [5.74, 6) is -0.142. The van der Waals surface area contributed by atoms with E-state index in [1.165, 1.54) is 49.0 Å². The molecule has 47 heavy (non-hydrogen) atoms. The maximum Gasteiger partial charge on any atom is 0.114 e. The lowest BCUT2D eigenvalue weighted by Crippen LogP contribution is -1.99. The van der Waals surface area contributed by atoms with Crippen LogP contribution >= 0.6 is 0 Å². The molecule has 9 rings (SSSR count). The van der Waals surface area contributed by atoms with Crippen molar-refractivity contribution in [1.29, 1.82) is 0 Å². The van der Waals surface area contributed by atoms with E-state index < -0.39 is 13.2 Å². The van der Waals surface area contributed by atoms with E-state index in [1.54, 1.807) is 10.6 Å². The zero-order chi connectivity index (χ0) is 35.6. The summed E-state index contributed by atoms with van der Waals surface area (Å²) in [6.07, 6.45) is -2.65. The minimum absolute atomic E-state index is 0.142. The predicted octanol–water partition coefficient (Wildman–Crippen LogP) is 12.0. The summed E-state index contributed by atoms with van der Waals surface area (Å²) in [7, 11) is 0. The quantitative estimate of drug-likeness (QED) is 0.178. The molecule has 0 fully saturated rings. The Labute approximate surface area is 281 Å². The Bertz CT molecular complexity index is 2740. The largest absolute Gasteiger partial charge is 0.296 e. The molecule has 8 aromatic carbocycles. The fourth-order valence-corrected chi connectivity index (χ4v) is 7.10. The molecule has 0 aliphatic rings. The molecule has 0 radical (unpaired) electrons. The first kappa shape index (κ1) is 22.5. The Morgan fingerprint density at radius 1 is 0.511 bits per heavy atom. The zero-order valence-corrected chi connectivity index (χ0v) is 25.5. The van der Waals surface area contributed by atoms with Gasteiger partial charge in [0.15, 0.2) is 0 Å². The van der Waals surface area contributed by atoms with Crippen LogP contribution in [-0.2, 0) is 6.37 Å². The van der Waals surface area contributed by atoms with E-state index >= 15 is 0 Å². The number of aromatic nitrogens is 2. The molecule has 0 bridgehead atoms. The van der Waals surface area contributed by atoms with Gasteiger partial charge in [-0.15, -0.1) is 0 Å². The van der Waals surface area contributed by atoms with Crippen molar-refractivity contribution in [3.05, 3.63) is 170 Å². The van der Waals surface area contributed by atoms with Gasteiger partial charge in [-0.1, -0.05) is 140 Å². The van der Waals surface area contributed by atoms with E-state index in [1.807, 2.05) is 42.5 Å². The van der Waals surface area contributed by atoms with Crippen molar-refractivity contribution in [3.8, 4) is 39.1 Å². The van der Waals surface area contributed by atoms with E-state index in [4.69, 9.17) is 6.85 Å². The first-order chi connectivity index (χ1) is 25.2. The molecule has 9 aromatic rings. The van der Waals surface area contributed by atoms with Crippen molar-refractivity contribution in [2.24, 2.45) is 0 Å². The number of rotatable bonds is 5. The Balaban J connectivity index is 1.13. The second kappa shape index (κ2) is 11.1. The van der Waals surface area contributed by atoms with Crippen LogP contribution in [0.25, 0.3) is 82.4 Å². The third-order valence-corrected chi connectivity index (χ3v) is 9.27. The van der Waals surface area contributed by atoms with Crippen LogP contribution in [0.3, 0.4) is 0 Å². The Morgan fingerprint density at radius 3 is 1.68 bits per heavy atom. The molecule has 0 saturated heterocycles. The molecule has 222 valence electrons. The van der Waals surface area contributed by atoms with Gasteiger partial charge in [0.05, 0.1) is 11.0 Å². The molecule has 1 aromatic heterocycles. The number of hydrogen-bond donors (Lipinski definition) is 0. The van der Waals surface area contributed by atoms with Gasteiger partial charge in [0.1, 0.15) is 5.82 Å². The molecule has 0 aliphatic carbocycles. The average molecular weight is 606 g/mol. The van der Waals surface area contributed by atoms with Gasteiger partial charge in [-0.3, -0.25) is 4.57 Å². The van der Waals surface area contributed by atoms with Gasteiger partial charge >= 0.3 is 0 Å². The van der Waals surface area contributed by atoms with Crippen molar-refractivity contribution in [3.63, 3.8) is 0 Å². The predicted molar refractivity (Wildman–Crippen MR) is 199 cm³/mol. The number of fused-ring (bicyclic) bond motifs is 4. The van der Waals surface area contributed by atoms with Crippen LogP contribution in [-0.4, -0.2) is 9.55 Å². The van der Waals surface area contributed by atoms with Gasteiger partial charge in [0.2, 0.25) is 0 Å². The summed E-state index contributed by atoms with van der Waals surface area (Å²) in [5, 5.41) is 7.25. The molecule has 0 amide bonds. The lowest BCUT2D eigenvalue weighted by atomic mass is 9.85. The molecular weight excluding hydrogens is 569 g/mol. The van der Waals surface area contributed by atoms with E-state index in [9.17, 15) is 0 Å². The SMILES string of the molecule is [2H]C([2H])([2H])C([2H])([2H])c1nc2ccccc2n1-c1ccc(-c2ccc(-c3c4ccccc4c(-c4ccc5ccccc5c4)c4ccccc34)cc2)cc1. The van der Waals surface area contributed by atoms with E-state index in [0.717, 1.165) is 16.7 Å². The monoisotopic (exact) mass is 605 g/mol. The van der Waals surface area contributed by atoms with Crippen LogP contribution in [0.15, 0.2) is 164 Å². The lowest BCUT2D eigenvalue weighted by Gasteiger charge is -2.18. The van der Waals surface area contributed by atoms with Gasteiger partial charge in [-0.05, 0) is 96.0 Å². The van der Waals surface area contributed by atoms with Crippen LogP contribution in [0.2, 0.25) is 0 Å². The van der Waals surface area contributed by atoms with Gasteiger partial charge in [-0.2, -0.15) is 0 Å². The molecule has 0 unspecified atom stereocenters. The van der Waals surface area contributed by atoms with Gasteiger partial charge in [0, 0.05) is 18.9 Å². The van der Waals surface area contributed by atoms with Crippen LogP contribution in [0.1, 0.15) is 19.5 Å². The maximum atomic E-state index is 8.52. The van der Waals surface area contributed by atoms with Crippen LogP contribution in [0.5, 0.6) is 0 Å². The highest BCUT2D eigenvalue weighted by Gasteiger charge is 2.17. The minimum atomic E-state index is -2.89. The summed E-state index contributed by atoms with van der Waals surface area (Å²) in [4.78, 5) is 4.45. The molecular formula is C45H32N2. The highest BCUT2D eigenvalue weighted by atomic mass is 15.1. The minimum Gasteiger partial charge on any atom is -0.296 e. The maximum absolute atomic E-state index is 8.52. The molecule has 2 heteroatoms. The van der Waals surface area contributed by atoms with Gasteiger partial charge < -0.3 is 0 Å². The number of aryl methyl sites for hydroxylation is 1. The molecule has 0 N–H and O–H groups in total. The Kier molecular flexibility index (Phi) is 5.32. The fourth-order valence-electron chi connectivity index (χ4n) is 7.10. The summed E-state index contributed by atoms with van der Waals surface area (Å²) >= 11 is 0. The summed E-state index contributed by atoms with van der Waals surface area (Å²) in [6.45, 7) is -2.89. The van der Waals surface area contributed by atoms with Crippen molar-refractivity contribution < 1.29 is 6.85 Å². The van der Waals surface area contributed by atoms with Crippen molar-refractivity contribution in [1.82, 2.24) is 9.55 Å². The van der Waals surface area contributed by atoms with Gasteiger partial charge in [0.25, 0.3) is 0 Å². The summed E-state index contributed by atoms with van der Waals surface area (Å²) in [5.41, 5.74) is 8.60. The number of nitrogens with zero attached hydrogens (tertiary/aromatic N) is 2. The molecule has 0 atom stereocenters. The van der Waals surface area contributed by atoms with Crippen LogP contribution < -0.4 is 0 Å². The number of hydrogen-bond acceptors (Lipinski definition) is 1. The highest BCUT2D eigenvalue weighted by Crippen LogP contribution is 2.44. The third-order valence-electron chi connectivity index (χ3n) is 9.27. The molecule has 0 saturated carbocycles. The van der Waals surface area contributed by atoms with Crippen molar-refractivity contribution >= 4 is 43.4 Å². The van der Waals surface area contributed by atoms with E-state index in [2.05, 4.69) is 120 Å². The number of imidazole rings is 1. The number of benzene rings is 8. The average Bonchev–Trinajstić information content (AvgIpc) is 3.57. The number of para-hydroxylation sites is 2. The normalized spacial score (nSPS) is 13.7. The zero-order valence-electron chi connectivity index (χ0n) is 30.5. The van der Waals surface area contributed by atoms with E-state index in [-0.39, 0.29) is 5.82 Å². The Hall–Kier alpha value is -5.99. The molecule has 0 spiro atoms. The molecule has 2 nitrogen and oxygen atoms in total. The third kappa shape index (κ3) is 4.53. The standard InChI is InChI=1S/C45H32N2/c1-2-43-46-41-17-9-10-18-42(41)47(43)36-27-25-32(26-28-36)31-19-22-33(23-20-31)44-37-13-5-7-15-39(37)45(40-16-8-6-14-38(40)44)35-24-21-30-11-3-4-12-34(30)29-35/h3-29H,2H2,1H3/i1D3,2D2. The van der Waals surface area contributed by atoms with E-state index in [0.29, 0.717) is 16.7 Å². The molecule has 0 aliphatic heterocycles. The Morgan fingerprint density at radius 2 is 1.02 bits per heavy atom. The summed E-state index contributed by atoms with van der Waals surface area (Å²) < 4.78 is 42.4. The second-order valence-corrected chi connectivity index (χ2v) is 11.9. The molecule has 1 heterocycles. The first-order valence-electron chi connectivity index (χ1n) is 18.3. The van der Waals surface area contributed by atoms with Gasteiger partial charge in [-0.25, -0.2) is 4.98 Å². The fraction of sp³-hybridized carbons (Fsp3) is 0.0444. The summed E-state index contributed by atoms with van der Waals surface area (Å²) in [6, 6.07) is 56.2. The highest BCUT2D eigenvalue weighted by molar-refractivity contribution is 6.21.